The first kappa shape index (κ1) is 42.8. The summed E-state index contributed by atoms with van der Waals surface area (Å²) in [5, 5.41) is 16.4. The van der Waals surface area contributed by atoms with Gasteiger partial charge in [-0.05, 0) is 140 Å². The van der Waals surface area contributed by atoms with Crippen molar-refractivity contribution in [3.05, 3.63) is 40.2 Å². The number of fused-ring (bicyclic) bond motifs is 7. The molecular formula is C47H66ClN3O7. The minimum atomic E-state index is -1.28. The van der Waals surface area contributed by atoms with Gasteiger partial charge >= 0.3 is 11.9 Å². The monoisotopic (exact) mass is 819 g/mol. The van der Waals surface area contributed by atoms with E-state index in [-0.39, 0.29) is 69.4 Å². The molecule has 6 aliphatic carbocycles. The van der Waals surface area contributed by atoms with E-state index in [1.165, 1.54) is 12.3 Å². The van der Waals surface area contributed by atoms with Crippen molar-refractivity contribution in [1.82, 2.24) is 15.6 Å². The average molecular weight is 821 g/mol. The number of hydrogen-bond acceptors (Lipinski definition) is 7. The van der Waals surface area contributed by atoms with Crippen molar-refractivity contribution < 1.29 is 33.8 Å². The number of nitrogens with zero attached hydrogens (tertiary/aromatic N) is 1. The molecule has 5 saturated carbocycles. The first-order chi connectivity index (χ1) is 26.8. The number of Topliss-reactive ketones (excluding diaryl/α,β-unsaturated/α-hetero) is 1. The molecule has 1 heterocycles. The average Bonchev–Trinajstić information content (AvgIpc) is 3.41. The number of amides is 2. The lowest BCUT2D eigenvalue weighted by atomic mass is 9.33. The molecule has 0 bridgehead atoms. The molecule has 1 aromatic rings. The number of pyridine rings is 1. The molecule has 58 heavy (non-hydrogen) atoms. The second-order valence-corrected chi connectivity index (χ2v) is 22.4. The van der Waals surface area contributed by atoms with Crippen molar-refractivity contribution in [2.75, 3.05) is 0 Å². The zero-order valence-corrected chi connectivity index (χ0v) is 37.3. The highest BCUT2D eigenvalue weighted by molar-refractivity contribution is 6.30. The van der Waals surface area contributed by atoms with E-state index < -0.39 is 40.2 Å². The molecule has 10 atom stereocenters. The number of ether oxygens (including phenoxy) is 1. The highest BCUT2D eigenvalue weighted by Gasteiger charge is 2.71. The van der Waals surface area contributed by atoms with Crippen LogP contribution in [0.4, 0.5) is 0 Å². The van der Waals surface area contributed by atoms with E-state index in [1.54, 1.807) is 19.9 Å². The largest absolute Gasteiger partial charge is 0.481 e. The number of aromatic nitrogens is 1. The molecule has 10 nitrogen and oxygen atoms in total. The summed E-state index contributed by atoms with van der Waals surface area (Å²) >= 11 is 5.99. The van der Waals surface area contributed by atoms with Crippen molar-refractivity contribution in [3.8, 4) is 0 Å². The molecule has 5 fully saturated rings. The van der Waals surface area contributed by atoms with Crippen molar-refractivity contribution in [2.45, 2.75) is 158 Å². The van der Waals surface area contributed by atoms with Crippen LogP contribution >= 0.6 is 11.6 Å². The summed E-state index contributed by atoms with van der Waals surface area (Å²) in [6, 6.07) is 3.12. The normalized spacial score (nSPS) is 38.7. The molecule has 1 aromatic heterocycles. The first-order valence-corrected chi connectivity index (χ1v) is 22.1. The summed E-state index contributed by atoms with van der Waals surface area (Å²) in [6.45, 7) is 23.4. The quantitative estimate of drug-likeness (QED) is 0.220. The van der Waals surface area contributed by atoms with E-state index in [0.29, 0.717) is 29.7 Å². The van der Waals surface area contributed by atoms with Gasteiger partial charge in [-0.3, -0.25) is 24.0 Å². The van der Waals surface area contributed by atoms with Crippen LogP contribution in [-0.4, -0.2) is 56.8 Å². The van der Waals surface area contributed by atoms with Crippen molar-refractivity contribution in [1.29, 1.82) is 0 Å². The third-order valence-corrected chi connectivity index (χ3v) is 18.0. The predicted octanol–water partition coefficient (Wildman–Crippen LogP) is 8.75. The topological polar surface area (TPSA) is 152 Å². The van der Waals surface area contributed by atoms with Crippen molar-refractivity contribution >= 4 is 41.1 Å². The summed E-state index contributed by atoms with van der Waals surface area (Å²) in [6.07, 6.45) is 8.97. The van der Waals surface area contributed by atoms with Gasteiger partial charge in [0.05, 0.1) is 22.4 Å². The lowest BCUT2D eigenvalue weighted by Crippen LogP contribution is -2.68. The maximum atomic E-state index is 14.3. The molecule has 0 spiro atoms. The van der Waals surface area contributed by atoms with Crippen LogP contribution in [0.1, 0.15) is 151 Å². The van der Waals surface area contributed by atoms with Gasteiger partial charge in [0, 0.05) is 18.0 Å². The Morgan fingerprint density at radius 2 is 1.57 bits per heavy atom. The van der Waals surface area contributed by atoms with Crippen LogP contribution in [0.5, 0.6) is 0 Å². The molecule has 11 heteroatoms. The standard InChI is InChI=1S/C47H66ClN3O7/c1-25(2)35-31(52)23-47(51-40(57)43(7,8)50-37(53)30-14-12-26(48)24-49-30)21-20-45(10)27(36(35)47)13-15-33-44(9)18-17-34(42(5,6)32(44)16-19-46(33,45)11)58-39(56)29-22-28(38(54)55)41(29,3)4/h12,14,24-25,27-29,32-34H,13,15-23H2,1-11H3,(H,50,53)(H,51,57)(H,54,55)/t27-,28+,29?,32+,33-,34+,44+,45-,46-,47-/m1/s1. The number of ketones is 1. The van der Waals surface area contributed by atoms with Crippen LogP contribution in [0.3, 0.4) is 0 Å². The van der Waals surface area contributed by atoms with Crippen LogP contribution in [0.2, 0.25) is 5.02 Å². The number of carboxylic acids is 1. The van der Waals surface area contributed by atoms with E-state index in [1.807, 2.05) is 13.8 Å². The summed E-state index contributed by atoms with van der Waals surface area (Å²) in [5.41, 5.74) is -0.956. The van der Waals surface area contributed by atoms with Gasteiger partial charge in [-0.1, -0.05) is 73.9 Å². The molecule has 318 valence electrons. The zero-order chi connectivity index (χ0) is 42.8. The van der Waals surface area contributed by atoms with Gasteiger partial charge in [-0.2, -0.15) is 0 Å². The Kier molecular flexibility index (Phi) is 10.3. The fourth-order valence-corrected chi connectivity index (χ4v) is 14.3. The molecule has 1 unspecified atom stereocenters. The van der Waals surface area contributed by atoms with Gasteiger partial charge in [-0.15, -0.1) is 0 Å². The van der Waals surface area contributed by atoms with Gasteiger partial charge in [-0.25, -0.2) is 4.98 Å². The van der Waals surface area contributed by atoms with E-state index >= 15 is 0 Å². The number of halogens is 1. The number of aliphatic carboxylic acids is 1. The van der Waals surface area contributed by atoms with Gasteiger partial charge in [0.15, 0.2) is 5.78 Å². The fourth-order valence-electron chi connectivity index (χ4n) is 14.2. The van der Waals surface area contributed by atoms with Gasteiger partial charge in [0.2, 0.25) is 5.91 Å². The highest BCUT2D eigenvalue weighted by Crippen LogP contribution is 2.76. The van der Waals surface area contributed by atoms with E-state index in [2.05, 4.69) is 64.1 Å². The number of carbonyl (C=O) groups excluding carboxylic acids is 4. The molecule has 0 radical (unpaired) electrons. The number of esters is 1. The molecular weight excluding hydrogens is 754 g/mol. The third kappa shape index (κ3) is 6.21. The Morgan fingerprint density at radius 1 is 0.879 bits per heavy atom. The molecule has 0 saturated heterocycles. The Hall–Kier alpha value is -3.27. The lowest BCUT2D eigenvalue weighted by molar-refractivity contribution is -0.235. The highest BCUT2D eigenvalue weighted by atomic mass is 35.5. The minimum absolute atomic E-state index is 0.00501. The van der Waals surface area contributed by atoms with Crippen LogP contribution in [0, 0.1) is 62.6 Å². The van der Waals surface area contributed by atoms with E-state index in [4.69, 9.17) is 16.3 Å². The number of allylic oxidation sites excluding steroid dienone is 1. The van der Waals surface area contributed by atoms with Crippen LogP contribution < -0.4 is 10.6 Å². The Bertz CT molecular complexity index is 1950. The maximum absolute atomic E-state index is 14.3. The summed E-state index contributed by atoms with van der Waals surface area (Å²) in [7, 11) is 0. The fraction of sp³-hybridized carbons (Fsp3) is 0.745. The number of carboxylic acid groups (broad SMARTS) is 1. The predicted molar refractivity (Wildman–Crippen MR) is 222 cm³/mol. The Labute approximate surface area is 349 Å². The zero-order valence-electron chi connectivity index (χ0n) is 36.6. The maximum Gasteiger partial charge on any atom is 0.309 e. The summed E-state index contributed by atoms with van der Waals surface area (Å²) in [5.74, 6) is -1.84. The summed E-state index contributed by atoms with van der Waals surface area (Å²) in [4.78, 5) is 71.3. The molecule has 0 aromatic carbocycles. The van der Waals surface area contributed by atoms with E-state index in [0.717, 1.165) is 56.1 Å². The third-order valence-electron chi connectivity index (χ3n) is 17.8. The number of hydrogen-bond donors (Lipinski definition) is 3. The van der Waals surface area contributed by atoms with Gasteiger partial charge in [0.1, 0.15) is 17.3 Å². The Balaban J connectivity index is 1.13. The van der Waals surface area contributed by atoms with Crippen LogP contribution in [0.25, 0.3) is 0 Å². The van der Waals surface area contributed by atoms with Crippen LogP contribution in [0.15, 0.2) is 29.5 Å². The summed E-state index contributed by atoms with van der Waals surface area (Å²) < 4.78 is 6.41. The molecule has 6 aliphatic rings. The Morgan fingerprint density at radius 3 is 2.17 bits per heavy atom. The number of carbonyl (C=O) groups is 5. The molecule has 7 rings (SSSR count). The van der Waals surface area contributed by atoms with Crippen LogP contribution in [-0.2, 0) is 23.9 Å². The minimum Gasteiger partial charge on any atom is -0.481 e. The van der Waals surface area contributed by atoms with Gasteiger partial charge in [0.25, 0.3) is 5.91 Å². The first-order valence-electron chi connectivity index (χ1n) is 21.7. The van der Waals surface area contributed by atoms with Crippen molar-refractivity contribution in [3.63, 3.8) is 0 Å². The smallest absolute Gasteiger partial charge is 0.309 e. The molecule has 2 amide bonds. The number of nitrogens with one attached hydrogen (secondary N) is 2. The molecule has 3 N–H and O–H groups in total. The van der Waals surface area contributed by atoms with E-state index in [9.17, 15) is 29.1 Å². The van der Waals surface area contributed by atoms with Crippen molar-refractivity contribution in [2.24, 2.45) is 62.6 Å². The second-order valence-electron chi connectivity index (χ2n) is 22.0. The number of rotatable bonds is 8. The lowest BCUT2D eigenvalue weighted by Gasteiger charge is -2.72. The molecule has 0 aliphatic heterocycles. The van der Waals surface area contributed by atoms with Gasteiger partial charge < -0.3 is 20.5 Å². The second kappa shape index (κ2) is 13.9. The SMILES string of the molecule is CC(C)C1=C2[C@H]3CC[C@@H]4[C@@]5(C)CC[C@H](OC(=O)C6C[C@@H](C(=O)O)C6(C)C)C(C)(C)[C@@H]5CC[C@@]4(C)[C@]3(C)CC[C@@]2(NC(=O)C(C)(C)NC(=O)c2ccc(Cl)cn2)CC1=O.